The largest absolute Gasteiger partial charge is 0.378 e. The Bertz CT molecular complexity index is 434. The van der Waals surface area contributed by atoms with Crippen LogP contribution in [0.1, 0.15) is 16.8 Å². The van der Waals surface area contributed by atoms with Crippen LogP contribution in [0.3, 0.4) is 0 Å². The van der Waals surface area contributed by atoms with Gasteiger partial charge in [-0.3, -0.25) is 4.79 Å². The number of hydrogen-bond acceptors (Lipinski definition) is 3. The number of rotatable bonds is 3. The average Bonchev–Trinajstić information content (AvgIpc) is 2.86. The van der Waals surface area contributed by atoms with Crippen molar-refractivity contribution in [3.8, 4) is 0 Å². The molecule has 1 heterocycles. The Hall–Kier alpha value is -1.16. The molecule has 0 radical (unpaired) electrons. The Morgan fingerprint density at radius 3 is 2.83 bits per heavy atom. The number of likely N-dealkylation sites (tertiary alicyclic amines) is 1. The molecule has 98 valence electrons. The van der Waals surface area contributed by atoms with Crippen molar-refractivity contribution in [2.45, 2.75) is 11.7 Å². The minimum absolute atomic E-state index is 0.162. The van der Waals surface area contributed by atoms with Crippen LogP contribution in [0.5, 0.6) is 0 Å². The quantitative estimate of drug-likeness (QED) is 0.837. The number of hydrogen-bond donors (Lipinski definition) is 0. The van der Waals surface area contributed by atoms with Crippen LogP contribution in [0.15, 0.2) is 24.3 Å². The molecule has 0 spiro atoms. The Morgan fingerprint density at radius 1 is 1.44 bits per heavy atom. The van der Waals surface area contributed by atoms with Crippen molar-refractivity contribution < 1.29 is 4.79 Å². The lowest BCUT2D eigenvalue weighted by Crippen LogP contribution is -2.29. The van der Waals surface area contributed by atoms with E-state index in [4.69, 9.17) is 0 Å². The normalized spacial score (nSPS) is 19.1. The van der Waals surface area contributed by atoms with E-state index in [1.54, 1.807) is 0 Å². The van der Waals surface area contributed by atoms with Gasteiger partial charge in [0, 0.05) is 43.7 Å². The molecule has 0 aliphatic carbocycles. The Balaban J connectivity index is 2.12. The van der Waals surface area contributed by atoms with Crippen LogP contribution in [0.25, 0.3) is 0 Å². The van der Waals surface area contributed by atoms with E-state index in [1.807, 2.05) is 59.9 Å². The molecule has 1 aliphatic rings. The summed E-state index contributed by atoms with van der Waals surface area (Å²) in [5, 5.41) is 0.603. The maximum atomic E-state index is 12.4. The fourth-order valence-electron chi connectivity index (χ4n) is 2.20. The van der Waals surface area contributed by atoms with E-state index in [9.17, 15) is 4.79 Å². The summed E-state index contributed by atoms with van der Waals surface area (Å²) in [4.78, 5) is 16.4. The SMILES string of the molecule is CSC1CCN(C(=O)c2cccc(N(C)C)c2)C1. The van der Waals surface area contributed by atoms with Gasteiger partial charge in [0.05, 0.1) is 0 Å². The number of nitrogens with zero attached hydrogens (tertiary/aromatic N) is 2. The highest BCUT2D eigenvalue weighted by atomic mass is 32.2. The summed E-state index contributed by atoms with van der Waals surface area (Å²) in [6.45, 7) is 1.77. The van der Waals surface area contributed by atoms with E-state index in [1.165, 1.54) is 0 Å². The summed E-state index contributed by atoms with van der Waals surface area (Å²) >= 11 is 1.85. The lowest BCUT2D eigenvalue weighted by molar-refractivity contribution is 0.0793. The predicted octanol–water partition coefficient (Wildman–Crippen LogP) is 2.33. The van der Waals surface area contributed by atoms with Crippen molar-refractivity contribution in [1.82, 2.24) is 4.90 Å². The molecule has 1 unspecified atom stereocenters. The number of carbonyl (C=O) groups excluding carboxylic acids is 1. The average molecular weight is 264 g/mol. The smallest absolute Gasteiger partial charge is 0.253 e. The lowest BCUT2D eigenvalue weighted by atomic mass is 10.1. The monoisotopic (exact) mass is 264 g/mol. The molecule has 1 atom stereocenters. The van der Waals surface area contributed by atoms with E-state index in [0.717, 1.165) is 30.8 Å². The first-order valence-corrected chi connectivity index (χ1v) is 7.50. The molecule has 0 N–H and O–H groups in total. The van der Waals surface area contributed by atoms with Gasteiger partial charge < -0.3 is 9.80 Å². The molecule has 0 aromatic heterocycles. The van der Waals surface area contributed by atoms with Gasteiger partial charge in [0.15, 0.2) is 0 Å². The first-order chi connectivity index (χ1) is 8.61. The molecule has 1 aliphatic heterocycles. The lowest BCUT2D eigenvalue weighted by Gasteiger charge is -2.18. The van der Waals surface area contributed by atoms with Gasteiger partial charge in [-0.25, -0.2) is 0 Å². The van der Waals surface area contributed by atoms with E-state index in [-0.39, 0.29) is 5.91 Å². The van der Waals surface area contributed by atoms with Crippen molar-refractivity contribution in [2.75, 3.05) is 38.3 Å². The van der Waals surface area contributed by atoms with Crippen LogP contribution in [0, 0.1) is 0 Å². The van der Waals surface area contributed by atoms with Gasteiger partial charge >= 0.3 is 0 Å². The molecule has 2 rings (SSSR count). The highest BCUT2D eigenvalue weighted by Crippen LogP contribution is 2.23. The second kappa shape index (κ2) is 5.65. The van der Waals surface area contributed by atoms with Crippen molar-refractivity contribution in [2.24, 2.45) is 0 Å². The minimum atomic E-state index is 0.162. The summed E-state index contributed by atoms with van der Waals surface area (Å²) in [6, 6.07) is 7.84. The van der Waals surface area contributed by atoms with Crippen molar-refractivity contribution in [3.63, 3.8) is 0 Å². The van der Waals surface area contributed by atoms with Gasteiger partial charge in [-0.2, -0.15) is 11.8 Å². The van der Waals surface area contributed by atoms with E-state index in [2.05, 4.69) is 6.26 Å². The third-order valence-corrected chi connectivity index (χ3v) is 4.43. The molecule has 0 saturated carbocycles. The summed E-state index contributed by atoms with van der Waals surface area (Å²) in [6.07, 6.45) is 3.23. The molecule has 1 saturated heterocycles. The summed E-state index contributed by atoms with van der Waals surface area (Å²) in [5.74, 6) is 0.162. The highest BCUT2D eigenvalue weighted by molar-refractivity contribution is 7.99. The topological polar surface area (TPSA) is 23.6 Å². The van der Waals surface area contributed by atoms with Gasteiger partial charge in [0.2, 0.25) is 0 Å². The van der Waals surface area contributed by atoms with E-state index >= 15 is 0 Å². The Labute approximate surface area is 113 Å². The number of benzene rings is 1. The Morgan fingerprint density at radius 2 is 2.22 bits per heavy atom. The minimum Gasteiger partial charge on any atom is -0.378 e. The zero-order valence-electron chi connectivity index (χ0n) is 11.2. The summed E-state index contributed by atoms with van der Waals surface area (Å²) in [7, 11) is 3.98. The van der Waals surface area contributed by atoms with Crippen LogP contribution >= 0.6 is 11.8 Å². The number of thioether (sulfide) groups is 1. The molecule has 3 nitrogen and oxygen atoms in total. The number of amides is 1. The first kappa shape index (κ1) is 13.3. The fraction of sp³-hybridized carbons (Fsp3) is 0.500. The zero-order chi connectivity index (χ0) is 13.1. The highest BCUT2D eigenvalue weighted by Gasteiger charge is 2.26. The molecule has 1 amide bonds. The first-order valence-electron chi connectivity index (χ1n) is 6.21. The molecule has 1 fully saturated rings. The van der Waals surface area contributed by atoms with Crippen LogP contribution < -0.4 is 4.90 Å². The van der Waals surface area contributed by atoms with Crippen LogP contribution in [-0.4, -0.2) is 49.5 Å². The third-order valence-electron chi connectivity index (χ3n) is 3.38. The summed E-state index contributed by atoms with van der Waals surface area (Å²) < 4.78 is 0. The van der Waals surface area contributed by atoms with Gasteiger partial charge in [-0.1, -0.05) is 6.07 Å². The van der Waals surface area contributed by atoms with Crippen LogP contribution in [0.2, 0.25) is 0 Å². The molecular weight excluding hydrogens is 244 g/mol. The van der Waals surface area contributed by atoms with Crippen molar-refractivity contribution in [1.29, 1.82) is 0 Å². The third kappa shape index (κ3) is 2.80. The number of carbonyl (C=O) groups is 1. The maximum Gasteiger partial charge on any atom is 0.253 e. The second-order valence-electron chi connectivity index (χ2n) is 4.84. The molecule has 4 heteroatoms. The van der Waals surface area contributed by atoms with Gasteiger partial charge in [-0.15, -0.1) is 0 Å². The molecule has 0 bridgehead atoms. The summed E-state index contributed by atoms with van der Waals surface area (Å²) in [5.41, 5.74) is 1.87. The van der Waals surface area contributed by atoms with Crippen molar-refractivity contribution >= 4 is 23.4 Å². The van der Waals surface area contributed by atoms with Gasteiger partial charge in [0.25, 0.3) is 5.91 Å². The van der Waals surface area contributed by atoms with Crippen molar-refractivity contribution in [3.05, 3.63) is 29.8 Å². The van der Waals surface area contributed by atoms with Crippen LogP contribution in [0.4, 0.5) is 5.69 Å². The van der Waals surface area contributed by atoms with Gasteiger partial charge in [-0.05, 0) is 30.9 Å². The standard InChI is InChI=1S/C14H20N2OS/c1-15(2)12-6-4-5-11(9-12)14(17)16-8-7-13(10-16)18-3/h4-6,9,13H,7-8,10H2,1-3H3. The molecule has 1 aromatic carbocycles. The predicted molar refractivity (Wildman–Crippen MR) is 78.6 cm³/mol. The number of anilines is 1. The fourth-order valence-corrected chi connectivity index (χ4v) is 2.87. The zero-order valence-corrected chi connectivity index (χ0v) is 12.0. The molecule has 18 heavy (non-hydrogen) atoms. The molecule has 1 aromatic rings. The molecular formula is C14H20N2OS. The van der Waals surface area contributed by atoms with E-state index < -0.39 is 0 Å². The Kier molecular flexibility index (Phi) is 4.17. The van der Waals surface area contributed by atoms with E-state index in [0.29, 0.717) is 5.25 Å². The maximum absolute atomic E-state index is 12.4. The van der Waals surface area contributed by atoms with Gasteiger partial charge in [0.1, 0.15) is 0 Å². The second-order valence-corrected chi connectivity index (χ2v) is 5.98. The van der Waals surface area contributed by atoms with Crippen LogP contribution in [-0.2, 0) is 0 Å².